The summed E-state index contributed by atoms with van der Waals surface area (Å²) in [6.45, 7) is 6.79. The van der Waals surface area contributed by atoms with Crippen molar-refractivity contribution in [2.24, 2.45) is 0 Å². The zero-order valence-electron chi connectivity index (χ0n) is 8.84. The molecule has 0 N–H and O–H groups in total. The molecule has 0 aliphatic carbocycles. The summed E-state index contributed by atoms with van der Waals surface area (Å²) in [5, 5.41) is 0.393. The molecule has 0 aliphatic rings. The molecule has 0 aromatic heterocycles. The van der Waals surface area contributed by atoms with E-state index in [2.05, 4.69) is 13.8 Å². The fourth-order valence-corrected chi connectivity index (χ4v) is 1.78. The number of hydrogen-bond donors (Lipinski definition) is 0. The number of esters is 1. The molecular weight excluding hydrogens is 184 g/mol. The van der Waals surface area contributed by atoms with Gasteiger partial charge < -0.3 is 4.74 Å². The van der Waals surface area contributed by atoms with Crippen LogP contribution in [0.25, 0.3) is 0 Å². The molecule has 0 saturated carbocycles. The van der Waals surface area contributed by atoms with Crippen LogP contribution in [-0.4, -0.2) is 23.6 Å². The largest absolute Gasteiger partial charge is 0.466 e. The van der Waals surface area contributed by atoms with E-state index in [9.17, 15) is 4.79 Å². The van der Waals surface area contributed by atoms with Crippen molar-refractivity contribution in [2.45, 2.75) is 45.3 Å². The van der Waals surface area contributed by atoms with Crippen LogP contribution in [0.1, 0.15) is 40.0 Å². The molecule has 0 radical (unpaired) electrons. The number of carbonyl (C=O) groups excluding carboxylic acids is 1. The fraction of sp³-hybridized carbons (Fsp3) is 0.900. The standard InChI is InChI=1S/C10H20O2S/c1-4-6-12-10(11)8-9(3)13-7-5-2/h9H,4-8H2,1-3H3. The van der Waals surface area contributed by atoms with Crippen LogP contribution in [0.5, 0.6) is 0 Å². The zero-order valence-corrected chi connectivity index (χ0v) is 9.65. The van der Waals surface area contributed by atoms with Gasteiger partial charge in [-0.15, -0.1) is 0 Å². The number of carbonyl (C=O) groups is 1. The first kappa shape index (κ1) is 12.8. The lowest BCUT2D eigenvalue weighted by Gasteiger charge is -2.09. The second-order valence-corrected chi connectivity index (χ2v) is 4.65. The van der Waals surface area contributed by atoms with E-state index in [1.54, 1.807) is 0 Å². The number of ether oxygens (including phenoxy) is 1. The molecule has 13 heavy (non-hydrogen) atoms. The molecule has 78 valence electrons. The summed E-state index contributed by atoms with van der Waals surface area (Å²) in [6.07, 6.45) is 2.62. The third-order valence-electron chi connectivity index (χ3n) is 1.53. The van der Waals surface area contributed by atoms with Gasteiger partial charge in [0.15, 0.2) is 0 Å². The van der Waals surface area contributed by atoms with Gasteiger partial charge in [0.2, 0.25) is 0 Å². The van der Waals surface area contributed by atoms with E-state index in [0.717, 1.165) is 12.2 Å². The Morgan fingerprint density at radius 1 is 1.38 bits per heavy atom. The second-order valence-electron chi connectivity index (χ2n) is 3.11. The molecule has 0 bridgehead atoms. The van der Waals surface area contributed by atoms with Crippen LogP contribution in [0.15, 0.2) is 0 Å². The average Bonchev–Trinajstić information content (AvgIpc) is 2.11. The molecular formula is C10H20O2S. The summed E-state index contributed by atoms with van der Waals surface area (Å²) >= 11 is 1.84. The highest BCUT2D eigenvalue weighted by Crippen LogP contribution is 2.15. The quantitative estimate of drug-likeness (QED) is 0.596. The van der Waals surface area contributed by atoms with Crippen molar-refractivity contribution in [2.75, 3.05) is 12.4 Å². The lowest BCUT2D eigenvalue weighted by Crippen LogP contribution is -2.11. The number of rotatable bonds is 7. The second kappa shape index (κ2) is 8.42. The lowest BCUT2D eigenvalue weighted by atomic mass is 10.3. The van der Waals surface area contributed by atoms with E-state index in [4.69, 9.17) is 4.74 Å². The normalized spacial score (nSPS) is 12.5. The molecule has 0 aromatic carbocycles. The van der Waals surface area contributed by atoms with Gasteiger partial charge >= 0.3 is 5.97 Å². The third-order valence-corrected chi connectivity index (χ3v) is 2.91. The number of hydrogen-bond acceptors (Lipinski definition) is 3. The molecule has 0 rings (SSSR count). The van der Waals surface area contributed by atoms with Crippen molar-refractivity contribution < 1.29 is 9.53 Å². The predicted molar refractivity (Wildman–Crippen MR) is 58.1 cm³/mol. The molecule has 0 fully saturated rings. The summed E-state index contributed by atoms with van der Waals surface area (Å²) in [5.41, 5.74) is 0. The highest BCUT2D eigenvalue weighted by molar-refractivity contribution is 7.99. The summed E-state index contributed by atoms with van der Waals surface area (Å²) in [7, 11) is 0. The topological polar surface area (TPSA) is 26.3 Å². The SMILES string of the molecule is CCCOC(=O)CC(C)SCCC. The van der Waals surface area contributed by atoms with Crippen LogP contribution in [0.2, 0.25) is 0 Å². The van der Waals surface area contributed by atoms with Gasteiger partial charge in [0.05, 0.1) is 13.0 Å². The van der Waals surface area contributed by atoms with Crippen LogP contribution in [0.3, 0.4) is 0 Å². The van der Waals surface area contributed by atoms with Gasteiger partial charge in [-0.05, 0) is 18.6 Å². The molecule has 1 unspecified atom stereocenters. The first-order valence-electron chi connectivity index (χ1n) is 4.97. The van der Waals surface area contributed by atoms with Crippen LogP contribution >= 0.6 is 11.8 Å². The van der Waals surface area contributed by atoms with E-state index in [1.807, 2.05) is 18.7 Å². The van der Waals surface area contributed by atoms with E-state index >= 15 is 0 Å². The van der Waals surface area contributed by atoms with Crippen molar-refractivity contribution in [3.05, 3.63) is 0 Å². The minimum Gasteiger partial charge on any atom is -0.466 e. The molecule has 0 aliphatic heterocycles. The van der Waals surface area contributed by atoms with Gasteiger partial charge in [-0.1, -0.05) is 20.8 Å². The predicted octanol–water partition coefficient (Wildman–Crippen LogP) is 2.86. The summed E-state index contributed by atoms with van der Waals surface area (Å²) in [4.78, 5) is 11.1. The van der Waals surface area contributed by atoms with Gasteiger partial charge in [-0.3, -0.25) is 4.79 Å². The first-order valence-corrected chi connectivity index (χ1v) is 6.02. The van der Waals surface area contributed by atoms with Crippen molar-refractivity contribution in [3.8, 4) is 0 Å². The van der Waals surface area contributed by atoms with Crippen LogP contribution in [0, 0.1) is 0 Å². The van der Waals surface area contributed by atoms with Crippen molar-refractivity contribution >= 4 is 17.7 Å². The van der Waals surface area contributed by atoms with E-state index < -0.39 is 0 Å². The minimum atomic E-state index is -0.0575. The smallest absolute Gasteiger partial charge is 0.306 e. The Morgan fingerprint density at radius 3 is 2.62 bits per heavy atom. The maximum Gasteiger partial charge on any atom is 0.306 e. The molecule has 2 nitrogen and oxygen atoms in total. The Hall–Kier alpha value is -0.180. The van der Waals surface area contributed by atoms with Crippen LogP contribution < -0.4 is 0 Å². The maximum atomic E-state index is 11.1. The maximum absolute atomic E-state index is 11.1. The van der Waals surface area contributed by atoms with Gasteiger partial charge in [-0.2, -0.15) is 11.8 Å². The van der Waals surface area contributed by atoms with E-state index in [0.29, 0.717) is 18.3 Å². The molecule has 0 amide bonds. The van der Waals surface area contributed by atoms with Gasteiger partial charge in [0.25, 0.3) is 0 Å². The monoisotopic (exact) mass is 204 g/mol. The lowest BCUT2D eigenvalue weighted by molar-refractivity contribution is -0.143. The van der Waals surface area contributed by atoms with Gasteiger partial charge in [0.1, 0.15) is 0 Å². The Bertz CT molecular complexity index is 137. The van der Waals surface area contributed by atoms with Crippen molar-refractivity contribution in [1.29, 1.82) is 0 Å². The fourth-order valence-electron chi connectivity index (χ4n) is 0.887. The Balaban J connectivity index is 3.41. The summed E-state index contributed by atoms with van der Waals surface area (Å²) in [6, 6.07) is 0. The van der Waals surface area contributed by atoms with Crippen LogP contribution in [0.4, 0.5) is 0 Å². The Kier molecular flexibility index (Phi) is 8.30. The Morgan fingerprint density at radius 2 is 2.08 bits per heavy atom. The average molecular weight is 204 g/mol. The highest BCUT2D eigenvalue weighted by Gasteiger charge is 2.09. The Labute approximate surface area is 85.4 Å². The number of thioether (sulfide) groups is 1. The molecule has 3 heteroatoms. The summed E-state index contributed by atoms with van der Waals surface area (Å²) in [5.74, 6) is 1.07. The summed E-state index contributed by atoms with van der Waals surface area (Å²) < 4.78 is 4.99. The molecule has 0 heterocycles. The van der Waals surface area contributed by atoms with Crippen molar-refractivity contribution in [3.63, 3.8) is 0 Å². The molecule has 1 atom stereocenters. The van der Waals surface area contributed by atoms with Gasteiger partial charge in [-0.25, -0.2) is 0 Å². The highest BCUT2D eigenvalue weighted by atomic mass is 32.2. The van der Waals surface area contributed by atoms with E-state index in [1.165, 1.54) is 6.42 Å². The third kappa shape index (κ3) is 8.16. The molecule has 0 spiro atoms. The van der Waals surface area contributed by atoms with Crippen LogP contribution in [-0.2, 0) is 9.53 Å². The van der Waals surface area contributed by atoms with Crippen molar-refractivity contribution in [1.82, 2.24) is 0 Å². The first-order chi connectivity index (χ1) is 6.20. The minimum absolute atomic E-state index is 0.0575. The zero-order chi connectivity index (χ0) is 10.1. The van der Waals surface area contributed by atoms with E-state index in [-0.39, 0.29) is 5.97 Å². The molecule has 0 aromatic rings. The van der Waals surface area contributed by atoms with Gasteiger partial charge in [0, 0.05) is 5.25 Å². The molecule has 0 saturated heterocycles.